The summed E-state index contributed by atoms with van der Waals surface area (Å²) in [5.41, 5.74) is 1.78. The monoisotopic (exact) mass is 402 g/mol. The van der Waals surface area contributed by atoms with Crippen molar-refractivity contribution in [1.82, 2.24) is 4.57 Å². The predicted molar refractivity (Wildman–Crippen MR) is 116 cm³/mol. The van der Waals surface area contributed by atoms with Gasteiger partial charge in [0.2, 0.25) is 0 Å². The third-order valence-electron chi connectivity index (χ3n) is 3.76. The number of benzene rings is 2. The van der Waals surface area contributed by atoms with Crippen molar-refractivity contribution in [2.45, 2.75) is 30.5 Å². The van der Waals surface area contributed by atoms with E-state index in [0.29, 0.717) is 10.8 Å². The molecule has 3 nitrogen and oxygen atoms in total. The maximum absolute atomic E-state index is 12.8. The molecule has 0 bridgehead atoms. The molecule has 2 aromatic carbocycles. The molecule has 0 N–H and O–H groups in total. The van der Waals surface area contributed by atoms with Gasteiger partial charge < -0.3 is 4.57 Å². The lowest BCUT2D eigenvalue weighted by Crippen LogP contribution is -2.18. The number of hydrogen-bond donors (Lipinski definition) is 0. The first kappa shape index (κ1) is 19.3. The van der Waals surface area contributed by atoms with Crippen molar-refractivity contribution in [2.24, 2.45) is 4.99 Å². The van der Waals surface area contributed by atoms with Crippen molar-refractivity contribution in [1.29, 1.82) is 0 Å². The normalized spacial score (nSPS) is 12.2. The number of amides is 1. The van der Waals surface area contributed by atoms with Gasteiger partial charge in [0.15, 0.2) is 4.80 Å². The van der Waals surface area contributed by atoms with E-state index in [1.165, 1.54) is 0 Å². The molecule has 0 radical (unpaired) electrons. The van der Waals surface area contributed by atoms with Crippen molar-refractivity contribution in [3.63, 3.8) is 0 Å². The molecule has 1 aromatic heterocycles. The van der Waals surface area contributed by atoms with Gasteiger partial charge in [-0.3, -0.25) is 4.79 Å². The Labute approximate surface area is 166 Å². The van der Waals surface area contributed by atoms with Crippen molar-refractivity contribution in [3.8, 4) is 0 Å². The summed E-state index contributed by atoms with van der Waals surface area (Å²) in [5, 5.41) is 0.480. The van der Waals surface area contributed by atoms with Crippen LogP contribution in [-0.4, -0.2) is 27.7 Å². The zero-order valence-corrected chi connectivity index (χ0v) is 17.6. The topological polar surface area (TPSA) is 34.4 Å². The van der Waals surface area contributed by atoms with Crippen LogP contribution < -0.4 is 4.80 Å². The lowest BCUT2D eigenvalue weighted by atomic mass is 10.2. The fourth-order valence-electron chi connectivity index (χ4n) is 2.63. The summed E-state index contributed by atoms with van der Waals surface area (Å²) in [6, 6.07) is 16.0. The minimum Gasteiger partial charge on any atom is -0.316 e. The lowest BCUT2D eigenvalue weighted by molar-refractivity contribution is 0.0997. The summed E-state index contributed by atoms with van der Waals surface area (Å²) in [6.45, 7) is 5.14. The van der Waals surface area contributed by atoms with Crippen molar-refractivity contribution < 1.29 is 4.79 Å². The average molecular weight is 403 g/mol. The summed E-state index contributed by atoms with van der Waals surface area (Å²) in [5.74, 6) is 0.809. The maximum atomic E-state index is 12.8. The number of thiazole rings is 1. The van der Waals surface area contributed by atoms with Crippen LogP contribution in [0.3, 0.4) is 0 Å². The van der Waals surface area contributed by atoms with Gasteiger partial charge in [0.1, 0.15) is 0 Å². The first-order valence-electron chi connectivity index (χ1n) is 8.51. The van der Waals surface area contributed by atoms with Gasteiger partial charge in [-0.1, -0.05) is 43.4 Å². The number of aromatic nitrogens is 1. The minimum absolute atomic E-state index is 0.180. The first-order chi connectivity index (χ1) is 12.6. The Morgan fingerprint density at radius 2 is 2.00 bits per heavy atom. The molecule has 3 aromatic rings. The van der Waals surface area contributed by atoms with E-state index in [-0.39, 0.29) is 5.91 Å². The number of hydrogen-bond acceptors (Lipinski definition) is 4. The van der Waals surface area contributed by atoms with Gasteiger partial charge in [0, 0.05) is 28.0 Å². The highest BCUT2D eigenvalue weighted by atomic mass is 32.2. The molecule has 6 heteroatoms. The highest BCUT2D eigenvalue weighted by Crippen LogP contribution is 2.24. The van der Waals surface area contributed by atoms with Crippen LogP contribution in [0.15, 0.2) is 58.4 Å². The van der Waals surface area contributed by atoms with Crippen LogP contribution in [-0.2, 0) is 6.54 Å². The Morgan fingerprint density at radius 1 is 1.19 bits per heavy atom. The molecule has 0 fully saturated rings. The van der Waals surface area contributed by atoms with Crippen LogP contribution in [0.25, 0.3) is 10.2 Å². The summed E-state index contributed by atoms with van der Waals surface area (Å²) in [6.07, 6.45) is 2.09. The van der Waals surface area contributed by atoms with Crippen LogP contribution in [0, 0.1) is 0 Å². The van der Waals surface area contributed by atoms with E-state index in [1.807, 2.05) is 36.4 Å². The number of nitrogens with zero attached hydrogens (tertiary/aromatic N) is 2. The highest BCUT2D eigenvalue weighted by Gasteiger charge is 2.10. The molecule has 0 saturated carbocycles. The van der Waals surface area contributed by atoms with Crippen molar-refractivity contribution in [2.75, 3.05) is 12.0 Å². The molecule has 26 heavy (non-hydrogen) atoms. The van der Waals surface area contributed by atoms with Crippen LogP contribution in [0.5, 0.6) is 0 Å². The standard InChI is InChI=1S/C20H22N2OS3/c1-14(2)25-16-8-6-7-15(13-16)19(23)21-20-22(11-12-24-3)17-9-4-5-10-18(17)26-20/h4-10,13-14H,11-12H2,1-3H3. The van der Waals surface area contributed by atoms with Gasteiger partial charge in [-0.05, 0) is 36.6 Å². The smallest absolute Gasteiger partial charge is 0.279 e. The number of carbonyl (C=O) groups is 1. The van der Waals surface area contributed by atoms with E-state index < -0.39 is 0 Å². The van der Waals surface area contributed by atoms with Crippen LogP contribution in [0.1, 0.15) is 24.2 Å². The van der Waals surface area contributed by atoms with E-state index in [4.69, 9.17) is 0 Å². The molecule has 0 atom stereocenters. The summed E-state index contributed by atoms with van der Waals surface area (Å²) >= 11 is 5.12. The van der Waals surface area contributed by atoms with E-state index in [2.05, 4.69) is 41.8 Å². The quantitative estimate of drug-likeness (QED) is 0.524. The van der Waals surface area contributed by atoms with Crippen LogP contribution in [0.2, 0.25) is 0 Å². The molecule has 0 saturated heterocycles. The Bertz CT molecular complexity index is 972. The van der Waals surface area contributed by atoms with Gasteiger partial charge in [-0.15, -0.1) is 11.8 Å². The first-order valence-corrected chi connectivity index (χ1v) is 11.6. The number of fused-ring (bicyclic) bond motifs is 1. The third-order valence-corrected chi connectivity index (χ3v) is 6.40. The number of thioether (sulfide) groups is 2. The van der Waals surface area contributed by atoms with Gasteiger partial charge in [0.05, 0.1) is 10.2 Å². The molecule has 1 amide bonds. The molecular formula is C20H22N2OS3. The number of aryl methyl sites for hydroxylation is 1. The second-order valence-electron chi connectivity index (χ2n) is 6.11. The van der Waals surface area contributed by atoms with Gasteiger partial charge >= 0.3 is 0 Å². The van der Waals surface area contributed by atoms with E-state index >= 15 is 0 Å². The van der Waals surface area contributed by atoms with E-state index in [1.54, 1.807) is 34.9 Å². The number of rotatable bonds is 6. The molecule has 0 unspecified atom stereocenters. The Morgan fingerprint density at radius 3 is 2.77 bits per heavy atom. The zero-order chi connectivity index (χ0) is 18.5. The van der Waals surface area contributed by atoms with Crippen molar-refractivity contribution >= 4 is 51.0 Å². The number of carbonyl (C=O) groups excluding carboxylic acids is 1. The van der Waals surface area contributed by atoms with E-state index in [0.717, 1.165) is 32.2 Å². The molecule has 136 valence electrons. The Hall–Kier alpha value is -1.50. The molecule has 0 aliphatic rings. The number of para-hydroxylation sites is 1. The molecule has 3 rings (SSSR count). The van der Waals surface area contributed by atoms with Gasteiger partial charge in [0.25, 0.3) is 5.91 Å². The molecule has 0 aliphatic carbocycles. The second kappa shape index (κ2) is 8.93. The SMILES string of the molecule is CSCCn1c(=NC(=O)c2cccc(SC(C)C)c2)sc2ccccc21. The minimum atomic E-state index is -0.180. The third kappa shape index (κ3) is 4.61. The van der Waals surface area contributed by atoms with Gasteiger partial charge in [-0.2, -0.15) is 16.8 Å². The van der Waals surface area contributed by atoms with Crippen LogP contribution >= 0.6 is 34.9 Å². The molecule has 0 spiro atoms. The Kier molecular flexibility index (Phi) is 6.62. The fraction of sp³-hybridized carbons (Fsp3) is 0.300. The second-order valence-corrected chi connectivity index (χ2v) is 9.75. The molecular weight excluding hydrogens is 380 g/mol. The largest absolute Gasteiger partial charge is 0.316 e. The molecule has 0 aliphatic heterocycles. The van der Waals surface area contributed by atoms with Gasteiger partial charge in [-0.25, -0.2) is 0 Å². The van der Waals surface area contributed by atoms with Crippen molar-refractivity contribution in [3.05, 3.63) is 58.9 Å². The summed E-state index contributed by atoms with van der Waals surface area (Å²) in [7, 11) is 0. The lowest BCUT2D eigenvalue weighted by Gasteiger charge is -2.06. The summed E-state index contributed by atoms with van der Waals surface area (Å²) < 4.78 is 3.31. The van der Waals surface area contributed by atoms with E-state index in [9.17, 15) is 4.79 Å². The molecule has 1 heterocycles. The zero-order valence-electron chi connectivity index (χ0n) is 15.1. The Balaban J connectivity index is 2.00. The summed E-state index contributed by atoms with van der Waals surface area (Å²) in [4.78, 5) is 19.1. The highest BCUT2D eigenvalue weighted by molar-refractivity contribution is 7.99. The average Bonchev–Trinajstić information content (AvgIpc) is 2.96. The van der Waals surface area contributed by atoms with Crippen LogP contribution in [0.4, 0.5) is 0 Å². The maximum Gasteiger partial charge on any atom is 0.279 e. The fourth-order valence-corrected chi connectivity index (χ4v) is 4.95. The predicted octanol–water partition coefficient (Wildman–Crippen LogP) is 5.31.